The second-order valence-electron chi connectivity index (χ2n) is 6.33. The van der Waals surface area contributed by atoms with Gasteiger partial charge in [0.2, 0.25) is 5.91 Å². The molecule has 0 unspecified atom stereocenters. The summed E-state index contributed by atoms with van der Waals surface area (Å²) < 4.78 is 38.7. The summed E-state index contributed by atoms with van der Waals surface area (Å²) in [6, 6.07) is 10.0. The molecule has 1 aliphatic rings. The molecule has 2 aromatic rings. The molecule has 0 saturated carbocycles. The molecule has 1 heterocycles. The Bertz CT molecular complexity index is 854. The van der Waals surface area contributed by atoms with Gasteiger partial charge in [0, 0.05) is 22.4 Å². The predicted octanol–water partition coefficient (Wildman–Crippen LogP) is 4.79. The van der Waals surface area contributed by atoms with Gasteiger partial charge in [-0.1, -0.05) is 15.9 Å². The molecule has 0 aliphatic carbocycles. The number of nitrogens with one attached hydrogen (secondary N) is 2. The average molecular weight is 456 g/mol. The first kappa shape index (κ1) is 20.2. The number of halogens is 4. The van der Waals surface area contributed by atoms with Crippen molar-refractivity contribution in [1.82, 2.24) is 5.32 Å². The molecule has 0 spiro atoms. The predicted molar refractivity (Wildman–Crippen MR) is 103 cm³/mol. The van der Waals surface area contributed by atoms with Crippen molar-refractivity contribution in [2.45, 2.75) is 25.1 Å². The van der Waals surface area contributed by atoms with E-state index in [4.69, 9.17) is 0 Å². The Kier molecular flexibility index (Phi) is 5.93. The molecule has 1 aliphatic heterocycles. The van der Waals surface area contributed by atoms with E-state index in [1.54, 1.807) is 4.90 Å². The lowest BCUT2D eigenvalue weighted by molar-refractivity contribution is -0.137. The number of urea groups is 1. The van der Waals surface area contributed by atoms with Crippen LogP contribution >= 0.6 is 15.9 Å². The molecule has 148 valence electrons. The molecule has 2 N–H and O–H groups in total. The molecule has 2 aromatic carbocycles. The number of anilines is 2. The van der Waals surface area contributed by atoms with Crippen LogP contribution in [0.1, 0.15) is 18.4 Å². The second-order valence-corrected chi connectivity index (χ2v) is 7.25. The highest BCUT2D eigenvalue weighted by Crippen LogP contribution is 2.30. The molecule has 1 saturated heterocycles. The van der Waals surface area contributed by atoms with Crippen molar-refractivity contribution in [3.05, 3.63) is 58.6 Å². The largest absolute Gasteiger partial charge is 0.416 e. The van der Waals surface area contributed by atoms with Crippen LogP contribution in [0.2, 0.25) is 0 Å². The van der Waals surface area contributed by atoms with Gasteiger partial charge in [-0.2, -0.15) is 13.2 Å². The lowest BCUT2D eigenvalue weighted by Crippen LogP contribution is -2.53. The van der Waals surface area contributed by atoms with Crippen molar-refractivity contribution in [3.8, 4) is 0 Å². The molecular formula is C19H17BrF3N3O2. The number of alkyl halides is 3. The van der Waals surface area contributed by atoms with Crippen LogP contribution in [0.3, 0.4) is 0 Å². The minimum Gasteiger partial charge on any atom is -0.326 e. The number of benzene rings is 2. The van der Waals surface area contributed by atoms with E-state index in [2.05, 4.69) is 26.6 Å². The standard InChI is InChI=1S/C19H17BrF3N3O2/c20-13-5-9-15(10-6-13)26-11-1-2-16(17(26)27)25-18(28)24-14-7-3-12(4-8-14)19(21,22)23/h3-10,16H,1-2,11H2,(H2,24,25,28)/t16-/m0/s1. The highest BCUT2D eigenvalue weighted by Gasteiger charge is 2.31. The summed E-state index contributed by atoms with van der Waals surface area (Å²) in [5, 5.41) is 5.06. The zero-order valence-corrected chi connectivity index (χ0v) is 16.2. The zero-order valence-electron chi connectivity index (χ0n) is 14.6. The van der Waals surface area contributed by atoms with Gasteiger partial charge in [-0.15, -0.1) is 0 Å². The fourth-order valence-electron chi connectivity index (χ4n) is 2.95. The number of hydrogen-bond donors (Lipinski definition) is 2. The number of rotatable bonds is 3. The maximum atomic E-state index is 12.7. The van der Waals surface area contributed by atoms with Crippen molar-refractivity contribution in [3.63, 3.8) is 0 Å². The Hall–Kier alpha value is -2.55. The molecule has 28 heavy (non-hydrogen) atoms. The number of carbonyl (C=O) groups is 2. The first-order chi connectivity index (χ1) is 13.2. The lowest BCUT2D eigenvalue weighted by atomic mass is 10.0. The quantitative estimate of drug-likeness (QED) is 0.698. The summed E-state index contributed by atoms with van der Waals surface area (Å²) in [6.07, 6.45) is -3.23. The molecule has 1 atom stereocenters. The van der Waals surface area contributed by atoms with Gasteiger partial charge in [0.1, 0.15) is 6.04 Å². The molecular weight excluding hydrogens is 439 g/mol. The molecule has 0 aromatic heterocycles. The van der Waals surface area contributed by atoms with E-state index in [9.17, 15) is 22.8 Å². The van der Waals surface area contributed by atoms with Gasteiger partial charge >= 0.3 is 12.2 Å². The zero-order chi connectivity index (χ0) is 20.3. The fourth-order valence-corrected chi connectivity index (χ4v) is 3.22. The summed E-state index contributed by atoms with van der Waals surface area (Å²) in [7, 11) is 0. The van der Waals surface area contributed by atoms with Gasteiger partial charge < -0.3 is 15.5 Å². The number of hydrogen-bond acceptors (Lipinski definition) is 2. The van der Waals surface area contributed by atoms with Crippen LogP contribution in [-0.2, 0) is 11.0 Å². The van der Waals surface area contributed by atoms with Gasteiger partial charge in [0.25, 0.3) is 0 Å². The monoisotopic (exact) mass is 455 g/mol. The highest BCUT2D eigenvalue weighted by molar-refractivity contribution is 9.10. The van der Waals surface area contributed by atoms with Crippen LogP contribution in [0.5, 0.6) is 0 Å². The molecule has 0 bridgehead atoms. The second kappa shape index (κ2) is 8.22. The summed E-state index contributed by atoms with van der Waals surface area (Å²) in [6.45, 7) is 0.555. The van der Waals surface area contributed by atoms with Crippen molar-refractivity contribution in [2.75, 3.05) is 16.8 Å². The highest BCUT2D eigenvalue weighted by atomic mass is 79.9. The molecule has 9 heteroatoms. The maximum Gasteiger partial charge on any atom is 0.416 e. The molecule has 0 radical (unpaired) electrons. The molecule has 1 fully saturated rings. The minimum atomic E-state index is -4.44. The van der Waals surface area contributed by atoms with Crippen molar-refractivity contribution >= 4 is 39.2 Å². The maximum absolute atomic E-state index is 12.7. The van der Waals surface area contributed by atoms with Crippen LogP contribution in [0.25, 0.3) is 0 Å². The van der Waals surface area contributed by atoms with Crippen molar-refractivity contribution in [1.29, 1.82) is 0 Å². The number of amides is 3. The van der Waals surface area contributed by atoms with Crippen LogP contribution in [0.4, 0.5) is 29.3 Å². The van der Waals surface area contributed by atoms with E-state index < -0.39 is 23.8 Å². The molecule has 5 nitrogen and oxygen atoms in total. The van der Waals surface area contributed by atoms with Gasteiger partial charge in [0.05, 0.1) is 5.56 Å². The normalized spacial score (nSPS) is 17.4. The summed E-state index contributed by atoms with van der Waals surface area (Å²) in [4.78, 5) is 26.5. The SMILES string of the molecule is O=C(Nc1ccc(C(F)(F)F)cc1)N[C@H]1CCCN(c2ccc(Br)cc2)C1=O. The van der Waals surface area contributed by atoms with Crippen molar-refractivity contribution in [2.24, 2.45) is 0 Å². The van der Waals surface area contributed by atoms with Crippen LogP contribution in [0.15, 0.2) is 53.0 Å². The number of carbonyl (C=O) groups excluding carboxylic acids is 2. The summed E-state index contributed by atoms with van der Waals surface area (Å²) in [5.74, 6) is -0.226. The Balaban J connectivity index is 1.61. The van der Waals surface area contributed by atoms with Gasteiger partial charge in [0.15, 0.2) is 0 Å². The van der Waals surface area contributed by atoms with Gasteiger partial charge in [-0.25, -0.2) is 4.79 Å². The fraction of sp³-hybridized carbons (Fsp3) is 0.263. The number of nitrogens with zero attached hydrogens (tertiary/aromatic N) is 1. The van der Waals surface area contributed by atoms with Gasteiger partial charge in [-0.05, 0) is 61.4 Å². The lowest BCUT2D eigenvalue weighted by Gasteiger charge is -2.32. The molecule has 3 amide bonds. The molecule has 3 rings (SSSR count). The Morgan fingerprint density at radius 3 is 2.32 bits per heavy atom. The van der Waals surface area contributed by atoms with E-state index >= 15 is 0 Å². The Morgan fingerprint density at radius 1 is 1.07 bits per heavy atom. The summed E-state index contributed by atoms with van der Waals surface area (Å²) in [5.41, 5.74) is 0.146. The third-order valence-electron chi connectivity index (χ3n) is 4.35. The average Bonchev–Trinajstić information content (AvgIpc) is 2.64. The first-order valence-corrected chi connectivity index (χ1v) is 9.35. The van der Waals surface area contributed by atoms with Gasteiger partial charge in [-0.3, -0.25) is 4.79 Å². The van der Waals surface area contributed by atoms with E-state index in [1.165, 1.54) is 12.1 Å². The third-order valence-corrected chi connectivity index (χ3v) is 4.88. The van der Waals surface area contributed by atoms with Crippen LogP contribution < -0.4 is 15.5 Å². The Labute approximate surface area is 168 Å². The van der Waals surface area contributed by atoms with Crippen LogP contribution in [-0.4, -0.2) is 24.5 Å². The third kappa shape index (κ3) is 4.83. The first-order valence-electron chi connectivity index (χ1n) is 8.56. The minimum absolute atomic E-state index is 0.207. The smallest absolute Gasteiger partial charge is 0.326 e. The van der Waals surface area contributed by atoms with E-state index in [1.807, 2.05) is 24.3 Å². The van der Waals surface area contributed by atoms with Crippen LogP contribution in [0, 0.1) is 0 Å². The summed E-state index contributed by atoms with van der Waals surface area (Å²) >= 11 is 3.34. The van der Waals surface area contributed by atoms with E-state index in [-0.39, 0.29) is 11.6 Å². The van der Waals surface area contributed by atoms with E-state index in [0.29, 0.717) is 19.4 Å². The number of piperidine rings is 1. The topological polar surface area (TPSA) is 61.4 Å². The van der Waals surface area contributed by atoms with Crippen molar-refractivity contribution < 1.29 is 22.8 Å². The van der Waals surface area contributed by atoms with E-state index in [0.717, 1.165) is 22.3 Å². The Morgan fingerprint density at radius 2 is 1.71 bits per heavy atom.